The van der Waals surface area contributed by atoms with E-state index < -0.39 is 0 Å². The van der Waals surface area contributed by atoms with Gasteiger partial charge >= 0.3 is 0 Å². The minimum Gasteiger partial charge on any atom is -0.245 e. The van der Waals surface area contributed by atoms with E-state index in [1.165, 1.54) is 43.8 Å². The second-order valence-electron chi connectivity index (χ2n) is 8.68. The van der Waals surface area contributed by atoms with E-state index >= 15 is 0 Å². The SMILES string of the molecule is c1cc(-c2nccs2)cc(-c2c3ccccc3c(-c3cccc(-c4nccs4)c3)c3ccccc23)c1. The summed E-state index contributed by atoms with van der Waals surface area (Å²) >= 11 is 3.34. The molecule has 7 aromatic rings. The molecular formula is C32H20N2S2. The number of thiazole rings is 2. The van der Waals surface area contributed by atoms with Gasteiger partial charge in [-0.05, 0) is 55.9 Å². The summed E-state index contributed by atoms with van der Waals surface area (Å²) in [5.41, 5.74) is 7.24. The molecule has 5 aromatic carbocycles. The van der Waals surface area contributed by atoms with E-state index in [2.05, 4.69) is 107 Å². The average Bonchev–Trinajstić information content (AvgIpc) is 3.67. The van der Waals surface area contributed by atoms with E-state index in [4.69, 9.17) is 0 Å². The maximum Gasteiger partial charge on any atom is 0.123 e. The summed E-state index contributed by atoms with van der Waals surface area (Å²) in [4.78, 5) is 9.09. The van der Waals surface area contributed by atoms with Crippen LogP contribution in [0.3, 0.4) is 0 Å². The molecule has 170 valence electrons. The number of nitrogens with zero attached hydrogens (tertiary/aromatic N) is 2. The molecule has 0 atom stereocenters. The minimum atomic E-state index is 1.04. The predicted molar refractivity (Wildman–Crippen MR) is 155 cm³/mol. The molecule has 0 saturated carbocycles. The standard InChI is InChI=1S/C32H20N2S2/c1-2-12-26-25(11-1)29(21-7-5-9-23(19-21)31-33-15-17-35-31)27-13-3-4-14-28(27)30(26)22-8-6-10-24(20-22)32-34-16-18-36-32/h1-20H. The van der Waals surface area contributed by atoms with E-state index in [-0.39, 0.29) is 0 Å². The van der Waals surface area contributed by atoms with Crippen LogP contribution in [0.4, 0.5) is 0 Å². The summed E-state index contributed by atoms with van der Waals surface area (Å²) in [7, 11) is 0. The fourth-order valence-electron chi connectivity index (χ4n) is 5.10. The molecule has 0 bridgehead atoms. The van der Waals surface area contributed by atoms with Gasteiger partial charge in [0.05, 0.1) is 0 Å². The van der Waals surface area contributed by atoms with Crippen LogP contribution in [0, 0.1) is 0 Å². The molecule has 2 nitrogen and oxygen atoms in total. The Morgan fingerprint density at radius 3 is 1.17 bits per heavy atom. The monoisotopic (exact) mass is 496 g/mol. The van der Waals surface area contributed by atoms with Gasteiger partial charge in [0.25, 0.3) is 0 Å². The van der Waals surface area contributed by atoms with Crippen LogP contribution in [-0.4, -0.2) is 9.97 Å². The minimum absolute atomic E-state index is 1.04. The molecule has 7 rings (SSSR count). The summed E-state index contributed by atoms with van der Waals surface area (Å²) in [5.74, 6) is 0. The topological polar surface area (TPSA) is 25.8 Å². The summed E-state index contributed by atoms with van der Waals surface area (Å²) in [6.07, 6.45) is 3.73. The van der Waals surface area contributed by atoms with Crippen molar-refractivity contribution in [3.63, 3.8) is 0 Å². The highest BCUT2D eigenvalue weighted by atomic mass is 32.1. The van der Waals surface area contributed by atoms with Gasteiger partial charge in [0, 0.05) is 34.3 Å². The lowest BCUT2D eigenvalue weighted by atomic mass is 9.85. The van der Waals surface area contributed by atoms with Crippen molar-refractivity contribution in [2.45, 2.75) is 0 Å². The van der Waals surface area contributed by atoms with E-state index in [0.717, 1.165) is 21.1 Å². The van der Waals surface area contributed by atoms with Crippen molar-refractivity contribution >= 4 is 44.2 Å². The molecule has 0 spiro atoms. The molecule has 0 fully saturated rings. The highest BCUT2D eigenvalue weighted by molar-refractivity contribution is 7.13. The van der Waals surface area contributed by atoms with E-state index in [1.807, 2.05) is 23.2 Å². The largest absolute Gasteiger partial charge is 0.245 e. The second kappa shape index (κ2) is 8.83. The molecule has 0 aliphatic carbocycles. The lowest BCUT2D eigenvalue weighted by molar-refractivity contribution is 1.41. The first-order chi connectivity index (χ1) is 17.9. The highest BCUT2D eigenvalue weighted by Gasteiger charge is 2.17. The van der Waals surface area contributed by atoms with Gasteiger partial charge in [0.15, 0.2) is 0 Å². The van der Waals surface area contributed by atoms with Gasteiger partial charge in [-0.15, -0.1) is 22.7 Å². The van der Waals surface area contributed by atoms with E-state index in [1.54, 1.807) is 22.7 Å². The van der Waals surface area contributed by atoms with Crippen molar-refractivity contribution in [3.05, 3.63) is 120 Å². The van der Waals surface area contributed by atoms with Gasteiger partial charge in [-0.2, -0.15) is 0 Å². The van der Waals surface area contributed by atoms with Crippen molar-refractivity contribution in [2.24, 2.45) is 0 Å². The van der Waals surface area contributed by atoms with Crippen LogP contribution in [0.15, 0.2) is 120 Å². The molecule has 0 unspecified atom stereocenters. The predicted octanol–water partition coefficient (Wildman–Crippen LogP) is 9.57. The third-order valence-corrected chi connectivity index (χ3v) is 8.24. The Bertz CT molecular complexity index is 1640. The van der Waals surface area contributed by atoms with Crippen molar-refractivity contribution in [1.82, 2.24) is 9.97 Å². The molecular weight excluding hydrogens is 477 g/mol. The number of rotatable bonds is 4. The Balaban J connectivity index is 1.54. The Hall–Kier alpha value is -4.12. The number of aromatic nitrogens is 2. The normalized spacial score (nSPS) is 11.3. The average molecular weight is 497 g/mol. The number of fused-ring (bicyclic) bond motifs is 2. The first kappa shape index (κ1) is 21.2. The van der Waals surface area contributed by atoms with Gasteiger partial charge in [0.1, 0.15) is 10.0 Å². The molecule has 0 aliphatic rings. The molecule has 0 N–H and O–H groups in total. The summed E-state index contributed by atoms with van der Waals surface area (Å²) in [5, 5.41) is 11.2. The van der Waals surface area contributed by atoms with Crippen LogP contribution in [0.2, 0.25) is 0 Å². The lowest BCUT2D eigenvalue weighted by Gasteiger charge is -2.18. The van der Waals surface area contributed by atoms with Gasteiger partial charge in [-0.25, -0.2) is 9.97 Å². The number of benzene rings is 5. The summed E-state index contributed by atoms with van der Waals surface area (Å²) in [6, 6.07) is 35.1. The molecule has 2 aromatic heterocycles. The zero-order chi connectivity index (χ0) is 23.9. The number of hydrogen-bond acceptors (Lipinski definition) is 4. The highest BCUT2D eigenvalue weighted by Crippen LogP contribution is 2.44. The summed E-state index contributed by atoms with van der Waals surface area (Å²) < 4.78 is 0. The molecule has 0 saturated heterocycles. The third kappa shape index (κ3) is 3.54. The fraction of sp³-hybridized carbons (Fsp3) is 0. The molecule has 0 aliphatic heterocycles. The zero-order valence-electron chi connectivity index (χ0n) is 19.3. The molecule has 2 heterocycles. The van der Waals surface area contributed by atoms with Crippen LogP contribution in [0.5, 0.6) is 0 Å². The van der Waals surface area contributed by atoms with E-state index in [0.29, 0.717) is 0 Å². The van der Waals surface area contributed by atoms with Crippen LogP contribution in [0.1, 0.15) is 0 Å². The maximum atomic E-state index is 4.54. The number of hydrogen-bond donors (Lipinski definition) is 0. The quantitative estimate of drug-likeness (QED) is 0.227. The van der Waals surface area contributed by atoms with Crippen LogP contribution < -0.4 is 0 Å². The van der Waals surface area contributed by atoms with Crippen molar-refractivity contribution in [1.29, 1.82) is 0 Å². The van der Waals surface area contributed by atoms with Crippen molar-refractivity contribution in [2.75, 3.05) is 0 Å². The zero-order valence-corrected chi connectivity index (χ0v) is 20.9. The lowest BCUT2D eigenvalue weighted by Crippen LogP contribution is -1.91. The Kier molecular flexibility index (Phi) is 5.20. The second-order valence-corrected chi connectivity index (χ2v) is 10.5. The van der Waals surface area contributed by atoms with Gasteiger partial charge in [-0.3, -0.25) is 0 Å². The van der Waals surface area contributed by atoms with Gasteiger partial charge < -0.3 is 0 Å². The molecule has 0 radical (unpaired) electrons. The molecule has 4 heteroatoms. The first-order valence-electron chi connectivity index (χ1n) is 11.8. The Morgan fingerprint density at radius 2 is 0.806 bits per heavy atom. The first-order valence-corrected chi connectivity index (χ1v) is 13.6. The van der Waals surface area contributed by atoms with Crippen LogP contribution in [-0.2, 0) is 0 Å². The van der Waals surface area contributed by atoms with Crippen LogP contribution >= 0.6 is 22.7 Å². The maximum absolute atomic E-state index is 4.54. The van der Waals surface area contributed by atoms with Crippen LogP contribution in [0.25, 0.3) is 64.9 Å². The summed E-state index contributed by atoms with van der Waals surface area (Å²) in [6.45, 7) is 0. The third-order valence-electron chi connectivity index (χ3n) is 6.59. The van der Waals surface area contributed by atoms with Crippen molar-refractivity contribution < 1.29 is 0 Å². The van der Waals surface area contributed by atoms with Gasteiger partial charge in [-0.1, -0.05) is 84.9 Å². The fourth-order valence-corrected chi connectivity index (χ4v) is 6.37. The van der Waals surface area contributed by atoms with Gasteiger partial charge in [0.2, 0.25) is 0 Å². The molecule has 0 amide bonds. The Morgan fingerprint density at radius 1 is 0.417 bits per heavy atom. The van der Waals surface area contributed by atoms with Crippen molar-refractivity contribution in [3.8, 4) is 43.4 Å². The molecule has 36 heavy (non-hydrogen) atoms. The Labute approximate surface area is 217 Å². The smallest absolute Gasteiger partial charge is 0.123 e. The van der Waals surface area contributed by atoms with E-state index in [9.17, 15) is 0 Å².